The molecule has 0 bridgehead atoms. The average Bonchev–Trinajstić information content (AvgIpc) is 3.22. The highest BCUT2D eigenvalue weighted by molar-refractivity contribution is 7.89. The van der Waals surface area contributed by atoms with Crippen molar-refractivity contribution in [1.82, 2.24) is 9.62 Å². The third-order valence-corrected chi connectivity index (χ3v) is 7.20. The van der Waals surface area contributed by atoms with Gasteiger partial charge >= 0.3 is 0 Å². The second-order valence-electron chi connectivity index (χ2n) is 7.74. The van der Waals surface area contributed by atoms with Gasteiger partial charge in [-0.2, -0.15) is 0 Å². The normalized spacial score (nSPS) is 16.4. The Labute approximate surface area is 182 Å². The molecule has 0 spiro atoms. The number of piperazine rings is 1. The van der Waals surface area contributed by atoms with Crippen molar-refractivity contribution >= 4 is 33.2 Å². The zero-order chi connectivity index (χ0) is 22.0. The smallest absolute Gasteiger partial charge is 0.241 e. The predicted molar refractivity (Wildman–Crippen MR) is 119 cm³/mol. The molecule has 2 aromatic rings. The summed E-state index contributed by atoms with van der Waals surface area (Å²) >= 11 is 0. The summed E-state index contributed by atoms with van der Waals surface area (Å²) in [6.07, 6.45) is 0.614. The first-order valence-corrected chi connectivity index (χ1v) is 11.8. The third kappa shape index (κ3) is 4.57. The van der Waals surface area contributed by atoms with Gasteiger partial charge in [-0.05, 0) is 42.3 Å². The monoisotopic (exact) mass is 442 g/mol. The van der Waals surface area contributed by atoms with Crippen LogP contribution < -0.4 is 14.5 Å². The SMILES string of the molecule is CC(=O)N1CCc2cc(S(=O)(=O)NCC(=O)N3CCN(c4ccccc4)CC3)ccc21. The lowest BCUT2D eigenvalue weighted by atomic mass is 10.2. The lowest BCUT2D eigenvalue weighted by Crippen LogP contribution is -2.51. The molecule has 0 aliphatic carbocycles. The molecule has 2 amide bonds. The van der Waals surface area contributed by atoms with Crippen molar-refractivity contribution in [3.63, 3.8) is 0 Å². The lowest BCUT2D eigenvalue weighted by Gasteiger charge is -2.36. The molecule has 31 heavy (non-hydrogen) atoms. The Morgan fingerprint density at radius 1 is 0.968 bits per heavy atom. The number of para-hydroxylation sites is 1. The molecule has 8 nitrogen and oxygen atoms in total. The van der Waals surface area contributed by atoms with E-state index in [-0.39, 0.29) is 23.3 Å². The topological polar surface area (TPSA) is 90.0 Å². The summed E-state index contributed by atoms with van der Waals surface area (Å²) in [5.74, 6) is -0.300. The summed E-state index contributed by atoms with van der Waals surface area (Å²) in [7, 11) is -3.82. The Bertz CT molecular complexity index is 1080. The van der Waals surface area contributed by atoms with Crippen LogP contribution in [0.3, 0.4) is 0 Å². The van der Waals surface area contributed by atoms with Gasteiger partial charge < -0.3 is 14.7 Å². The van der Waals surface area contributed by atoms with Crippen LogP contribution in [0.2, 0.25) is 0 Å². The van der Waals surface area contributed by atoms with E-state index >= 15 is 0 Å². The number of rotatable bonds is 5. The first-order valence-electron chi connectivity index (χ1n) is 10.3. The Morgan fingerprint density at radius 2 is 1.68 bits per heavy atom. The van der Waals surface area contributed by atoms with Crippen LogP contribution in [-0.2, 0) is 26.0 Å². The fourth-order valence-electron chi connectivity index (χ4n) is 4.08. The molecular weight excluding hydrogens is 416 g/mol. The molecule has 4 rings (SSSR count). The standard InChI is InChI=1S/C22H26N4O4S/c1-17(27)26-10-9-18-15-20(7-8-21(18)26)31(29,30)23-16-22(28)25-13-11-24(12-14-25)19-5-3-2-4-6-19/h2-8,15,23H,9-14,16H2,1H3. The number of nitrogens with one attached hydrogen (secondary N) is 1. The Morgan fingerprint density at radius 3 is 2.35 bits per heavy atom. The molecule has 1 fully saturated rings. The van der Waals surface area contributed by atoms with Gasteiger partial charge in [0.2, 0.25) is 21.8 Å². The second kappa shape index (κ2) is 8.68. The van der Waals surface area contributed by atoms with Gasteiger partial charge in [0.25, 0.3) is 0 Å². The largest absolute Gasteiger partial charge is 0.368 e. The second-order valence-corrected chi connectivity index (χ2v) is 9.51. The van der Waals surface area contributed by atoms with Crippen molar-refractivity contribution in [2.24, 2.45) is 0 Å². The van der Waals surface area contributed by atoms with Gasteiger partial charge in [0.1, 0.15) is 0 Å². The van der Waals surface area contributed by atoms with E-state index in [2.05, 4.69) is 9.62 Å². The molecular formula is C22H26N4O4S. The van der Waals surface area contributed by atoms with Crippen LogP contribution in [0.25, 0.3) is 0 Å². The van der Waals surface area contributed by atoms with Crippen molar-refractivity contribution in [2.45, 2.75) is 18.2 Å². The number of fused-ring (bicyclic) bond motifs is 1. The van der Waals surface area contributed by atoms with Gasteiger partial charge in [-0.15, -0.1) is 0 Å². The summed E-state index contributed by atoms with van der Waals surface area (Å²) in [6.45, 7) is 4.29. The molecule has 1 saturated heterocycles. The lowest BCUT2D eigenvalue weighted by molar-refractivity contribution is -0.130. The van der Waals surface area contributed by atoms with Crippen LogP contribution in [0.5, 0.6) is 0 Å². The maximum Gasteiger partial charge on any atom is 0.241 e. The van der Waals surface area contributed by atoms with Gasteiger partial charge in [-0.25, -0.2) is 13.1 Å². The zero-order valence-corrected chi connectivity index (χ0v) is 18.3. The molecule has 9 heteroatoms. The highest BCUT2D eigenvalue weighted by Gasteiger charge is 2.26. The molecule has 0 saturated carbocycles. The number of anilines is 2. The Balaban J connectivity index is 1.34. The van der Waals surface area contributed by atoms with Crippen LogP contribution in [0.15, 0.2) is 53.4 Å². The number of carbonyl (C=O) groups is 2. The maximum absolute atomic E-state index is 12.7. The molecule has 1 N–H and O–H groups in total. The van der Waals surface area contributed by atoms with E-state index < -0.39 is 10.0 Å². The summed E-state index contributed by atoms with van der Waals surface area (Å²) in [5.41, 5.74) is 2.69. The van der Waals surface area contributed by atoms with Crippen molar-refractivity contribution < 1.29 is 18.0 Å². The van der Waals surface area contributed by atoms with Gasteiger partial charge in [0.15, 0.2) is 0 Å². The Hall–Kier alpha value is -2.91. The molecule has 2 aliphatic rings. The number of nitrogens with zero attached hydrogens (tertiary/aromatic N) is 3. The van der Waals surface area contributed by atoms with Crippen molar-refractivity contribution in [3.8, 4) is 0 Å². The van der Waals surface area contributed by atoms with E-state index in [1.54, 1.807) is 21.9 Å². The van der Waals surface area contributed by atoms with Gasteiger partial charge in [-0.3, -0.25) is 9.59 Å². The van der Waals surface area contributed by atoms with Crippen molar-refractivity contribution in [3.05, 3.63) is 54.1 Å². The van der Waals surface area contributed by atoms with E-state index in [0.29, 0.717) is 39.1 Å². The van der Waals surface area contributed by atoms with E-state index in [4.69, 9.17) is 0 Å². The highest BCUT2D eigenvalue weighted by Crippen LogP contribution is 2.30. The molecule has 164 valence electrons. The summed E-state index contributed by atoms with van der Waals surface area (Å²) in [4.78, 5) is 29.9. The predicted octanol–water partition coefficient (Wildman–Crippen LogP) is 1.22. The number of benzene rings is 2. The van der Waals surface area contributed by atoms with Crippen LogP contribution >= 0.6 is 0 Å². The first kappa shape index (κ1) is 21.3. The number of sulfonamides is 1. The van der Waals surface area contributed by atoms with Crippen molar-refractivity contribution in [1.29, 1.82) is 0 Å². The molecule has 2 heterocycles. The summed E-state index contributed by atoms with van der Waals surface area (Å²) in [6, 6.07) is 14.7. The number of carbonyl (C=O) groups excluding carboxylic acids is 2. The minimum absolute atomic E-state index is 0.0644. The van der Waals surface area contributed by atoms with E-state index in [9.17, 15) is 18.0 Å². The fraction of sp³-hybridized carbons (Fsp3) is 0.364. The van der Waals surface area contributed by atoms with Gasteiger partial charge in [0, 0.05) is 51.0 Å². The molecule has 0 atom stereocenters. The summed E-state index contributed by atoms with van der Waals surface area (Å²) < 4.78 is 27.8. The van der Waals surface area contributed by atoms with Crippen LogP contribution in [0.1, 0.15) is 12.5 Å². The zero-order valence-electron chi connectivity index (χ0n) is 17.5. The van der Waals surface area contributed by atoms with Gasteiger partial charge in [-0.1, -0.05) is 18.2 Å². The molecule has 2 aliphatic heterocycles. The number of hydrogen-bond acceptors (Lipinski definition) is 5. The minimum Gasteiger partial charge on any atom is -0.368 e. The fourth-order valence-corrected chi connectivity index (χ4v) is 5.10. The van der Waals surface area contributed by atoms with Gasteiger partial charge in [0.05, 0.1) is 11.4 Å². The highest BCUT2D eigenvalue weighted by atomic mass is 32.2. The third-order valence-electron chi connectivity index (χ3n) is 5.80. The molecule has 2 aromatic carbocycles. The molecule has 0 aromatic heterocycles. The van der Waals surface area contributed by atoms with Crippen LogP contribution in [0, 0.1) is 0 Å². The Kier molecular flexibility index (Phi) is 5.97. The molecule has 0 unspecified atom stereocenters. The van der Waals surface area contributed by atoms with Crippen LogP contribution in [0.4, 0.5) is 11.4 Å². The van der Waals surface area contributed by atoms with E-state index in [1.807, 2.05) is 30.3 Å². The van der Waals surface area contributed by atoms with Crippen LogP contribution in [-0.4, -0.2) is 64.4 Å². The quantitative estimate of drug-likeness (QED) is 0.752. The average molecular weight is 443 g/mol. The summed E-state index contributed by atoms with van der Waals surface area (Å²) in [5, 5.41) is 0. The number of hydrogen-bond donors (Lipinski definition) is 1. The van der Waals surface area contributed by atoms with E-state index in [1.165, 1.54) is 13.0 Å². The van der Waals surface area contributed by atoms with E-state index in [0.717, 1.165) is 16.9 Å². The number of amides is 2. The minimum atomic E-state index is -3.82. The molecule has 0 radical (unpaired) electrons. The first-order chi connectivity index (χ1) is 14.8. The maximum atomic E-state index is 12.7. The van der Waals surface area contributed by atoms with Crippen molar-refractivity contribution in [2.75, 3.05) is 49.1 Å².